The lowest BCUT2D eigenvalue weighted by molar-refractivity contribution is -0.890. The Morgan fingerprint density at radius 2 is 1.88 bits per heavy atom. The molecule has 5 N–H and O–H groups in total. The molecule has 0 saturated carbocycles. The van der Waals surface area contributed by atoms with E-state index in [0.717, 1.165) is 30.7 Å². The maximum absolute atomic E-state index is 8.22. The van der Waals surface area contributed by atoms with Crippen LogP contribution in [0.5, 0.6) is 0 Å². The fourth-order valence-electron chi connectivity index (χ4n) is 3.13. The number of nitrogens with one attached hydrogen (secondary N) is 1. The molecule has 0 spiro atoms. The maximum Gasteiger partial charge on any atom is 0.178 e. The molecule has 26 heavy (non-hydrogen) atoms. The maximum atomic E-state index is 8.22. The van der Waals surface area contributed by atoms with Crippen molar-refractivity contribution in [2.45, 2.75) is 13.8 Å². The summed E-state index contributed by atoms with van der Waals surface area (Å²) in [4.78, 5) is 11.4. The molecule has 0 aliphatic carbocycles. The highest BCUT2D eigenvalue weighted by Gasteiger charge is 2.28. The fourth-order valence-corrected chi connectivity index (χ4v) is 3.13. The second kappa shape index (κ2) is 6.56. The van der Waals surface area contributed by atoms with Gasteiger partial charge in [0.15, 0.2) is 17.5 Å². The average Bonchev–Trinajstić information content (AvgIpc) is 2.85. The number of aromatic nitrogens is 1. The molecule has 0 amide bonds. The van der Waals surface area contributed by atoms with Gasteiger partial charge in [-0.1, -0.05) is 0 Å². The van der Waals surface area contributed by atoms with Crippen LogP contribution < -0.4 is 16.4 Å². The molecule has 3 rings (SSSR count). The number of hydrazone groups is 1. The molecular weight excluding hydrogens is 330 g/mol. The van der Waals surface area contributed by atoms with Gasteiger partial charge in [0.05, 0.1) is 57.4 Å². The molecule has 9 nitrogen and oxygen atoms in total. The summed E-state index contributed by atoms with van der Waals surface area (Å²) < 4.78 is 0.986. The minimum Gasteiger partial charge on any atom is -0.396 e. The number of amidine groups is 1. The monoisotopic (exact) mass is 358 g/mol. The van der Waals surface area contributed by atoms with E-state index in [4.69, 9.17) is 16.9 Å². The van der Waals surface area contributed by atoms with E-state index in [0.29, 0.717) is 41.0 Å². The van der Waals surface area contributed by atoms with Crippen molar-refractivity contribution in [3.8, 4) is 0 Å². The normalized spacial score (nSPS) is 21.5. The van der Waals surface area contributed by atoms with Gasteiger partial charge < -0.3 is 20.9 Å². The van der Waals surface area contributed by atoms with Crippen LogP contribution in [0.15, 0.2) is 16.2 Å². The van der Waals surface area contributed by atoms with Crippen LogP contribution in [0.25, 0.3) is 0 Å². The largest absolute Gasteiger partial charge is 0.396 e. The van der Waals surface area contributed by atoms with Crippen molar-refractivity contribution in [2.75, 3.05) is 63.2 Å². The number of anilines is 3. The van der Waals surface area contributed by atoms with Gasteiger partial charge in [-0.15, -0.1) is 0 Å². The number of nitrogens with two attached hydrogens (primary N) is 2. The summed E-state index contributed by atoms with van der Waals surface area (Å²) >= 11 is 0. The summed E-state index contributed by atoms with van der Waals surface area (Å²) in [5.74, 6) is 1.37. The Morgan fingerprint density at radius 1 is 1.23 bits per heavy atom. The number of quaternary nitrogens is 1. The topological polar surface area (TPSA) is 120 Å². The van der Waals surface area contributed by atoms with Crippen molar-refractivity contribution in [1.82, 2.24) is 9.99 Å². The van der Waals surface area contributed by atoms with Gasteiger partial charge in [-0.2, -0.15) is 5.10 Å². The van der Waals surface area contributed by atoms with Gasteiger partial charge in [0.2, 0.25) is 0 Å². The average molecular weight is 358 g/mol. The number of pyridine rings is 1. The van der Waals surface area contributed by atoms with E-state index in [1.165, 1.54) is 0 Å². The Morgan fingerprint density at radius 3 is 2.46 bits per heavy atom. The molecule has 2 aliphatic heterocycles. The molecule has 0 unspecified atom stereocenters. The van der Waals surface area contributed by atoms with Gasteiger partial charge in [-0.25, -0.2) is 15.0 Å². The standard InChI is InChI=1S/C17H28N9/c1-5-25-15(20)14(11(2)23-25)21-16-12(18)10-13(19)17(22-16)24-6-8-26(3,4)9-7-24/h10,20H,5-9,18-19H2,1-4H3/q+1. The van der Waals surface area contributed by atoms with Crippen molar-refractivity contribution < 1.29 is 4.48 Å². The van der Waals surface area contributed by atoms with Crippen LogP contribution >= 0.6 is 0 Å². The number of aliphatic imine (C=N–C) groups is 1. The van der Waals surface area contributed by atoms with Gasteiger partial charge in [0.25, 0.3) is 0 Å². The summed E-state index contributed by atoms with van der Waals surface area (Å²) in [5, 5.41) is 14.2. The van der Waals surface area contributed by atoms with E-state index in [2.05, 4.69) is 34.1 Å². The molecule has 3 heterocycles. The fraction of sp³-hybridized carbons (Fsp3) is 0.529. The molecular formula is C17H28N9+. The Kier molecular flexibility index (Phi) is 4.57. The summed E-state index contributed by atoms with van der Waals surface area (Å²) in [6, 6.07) is 1.71. The first-order valence-corrected chi connectivity index (χ1v) is 8.85. The quantitative estimate of drug-likeness (QED) is 0.694. The molecule has 0 aromatic carbocycles. The first kappa shape index (κ1) is 18.1. The van der Waals surface area contributed by atoms with Crippen LogP contribution in [0, 0.1) is 5.41 Å². The second-order valence-electron chi connectivity index (χ2n) is 7.39. The number of rotatable bonds is 3. The van der Waals surface area contributed by atoms with Crippen LogP contribution in [0.4, 0.5) is 23.0 Å². The number of likely N-dealkylation sites (N-methyl/N-ethyl adjacent to an activating group) is 1. The molecule has 0 radical (unpaired) electrons. The summed E-state index contributed by atoms with van der Waals surface area (Å²) in [6.07, 6.45) is 0. The Labute approximate surface area is 154 Å². The third-order valence-electron chi connectivity index (χ3n) is 4.90. The van der Waals surface area contributed by atoms with Gasteiger partial charge in [0.1, 0.15) is 5.71 Å². The number of nitrogen functional groups attached to an aromatic ring is 2. The number of piperazine rings is 1. The zero-order valence-electron chi connectivity index (χ0n) is 16.0. The summed E-state index contributed by atoms with van der Waals surface area (Å²) in [7, 11) is 4.45. The minimum atomic E-state index is 0.265. The predicted molar refractivity (Wildman–Crippen MR) is 107 cm³/mol. The van der Waals surface area contributed by atoms with Gasteiger partial charge in [0, 0.05) is 6.54 Å². The molecule has 9 heteroatoms. The van der Waals surface area contributed by atoms with E-state index in [-0.39, 0.29) is 5.84 Å². The Hall–Kier alpha value is -2.68. The third kappa shape index (κ3) is 3.34. The van der Waals surface area contributed by atoms with Crippen LogP contribution in [-0.2, 0) is 0 Å². The number of nitrogens with zero attached hydrogens (tertiary/aromatic N) is 6. The molecule has 140 valence electrons. The molecule has 1 saturated heterocycles. The van der Waals surface area contributed by atoms with Crippen molar-refractivity contribution in [2.24, 2.45) is 10.1 Å². The van der Waals surface area contributed by atoms with Crippen LogP contribution in [-0.4, -0.2) is 78.6 Å². The van der Waals surface area contributed by atoms with Crippen LogP contribution in [0.1, 0.15) is 13.8 Å². The molecule has 0 bridgehead atoms. The molecule has 1 aromatic heterocycles. The first-order valence-electron chi connectivity index (χ1n) is 8.85. The zero-order valence-corrected chi connectivity index (χ0v) is 16.0. The summed E-state index contributed by atoms with van der Waals surface area (Å²) in [5.41, 5.74) is 14.4. The van der Waals surface area contributed by atoms with Crippen molar-refractivity contribution in [3.63, 3.8) is 0 Å². The predicted octanol–water partition coefficient (Wildman–Crippen LogP) is 0.904. The lowest BCUT2D eigenvalue weighted by atomic mass is 10.2. The highest BCUT2D eigenvalue weighted by Crippen LogP contribution is 2.31. The molecule has 0 atom stereocenters. The van der Waals surface area contributed by atoms with Crippen LogP contribution in [0.2, 0.25) is 0 Å². The van der Waals surface area contributed by atoms with Crippen molar-refractivity contribution in [3.05, 3.63) is 6.07 Å². The highest BCUT2D eigenvalue weighted by molar-refractivity contribution is 6.69. The highest BCUT2D eigenvalue weighted by atomic mass is 15.5. The van der Waals surface area contributed by atoms with E-state index >= 15 is 0 Å². The number of hydrogen-bond acceptors (Lipinski definition) is 7. The molecule has 1 aromatic rings. The van der Waals surface area contributed by atoms with Crippen LogP contribution in [0.3, 0.4) is 0 Å². The molecule has 2 aliphatic rings. The Bertz CT molecular complexity index is 784. The second-order valence-corrected chi connectivity index (χ2v) is 7.39. The van der Waals surface area contributed by atoms with Gasteiger partial charge in [-0.3, -0.25) is 5.41 Å². The SMILES string of the molecule is CCN1N=C(C)C(=Nc2nc(N3CC[N+](C)(C)CC3)c(N)cc2N)C1=N. The van der Waals surface area contributed by atoms with E-state index in [1.54, 1.807) is 11.1 Å². The smallest absolute Gasteiger partial charge is 0.178 e. The third-order valence-corrected chi connectivity index (χ3v) is 4.90. The minimum absolute atomic E-state index is 0.265. The van der Waals surface area contributed by atoms with Gasteiger partial charge in [-0.05, 0) is 19.9 Å². The van der Waals surface area contributed by atoms with E-state index in [9.17, 15) is 0 Å². The zero-order chi connectivity index (χ0) is 19.1. The van der Waals surface area contributed by atoms with Crippen molar-refractivity contribution >= 4 is 40.3 Å². The van der Waals surface area contributed by atoms with Gasteiger partial charge >= 0.3 is 0 Å². The Balaban J connectivity index is 1.94. The van der Waals surface area contributed by atoms with Crippen molar-refractivity contribution in [1.29, 1.82) is 5.41 Å². The first-order chi connectivity index (χ1) is 12.2. The number of hydrogen-bond donors (Lipinski definition) is 3. The summed E-state index contributed by atoms with van der Waals surface area (Å²) in [6.45, 7) is 8.20. The lowest BCUT2D eigenvalue weighted by Gasteiger charge is -2.39. The van der Waals surface area contributed by atoms with E-state index < -0.39 is 0 Å². The van der Waals surface area contributed by atoms with E-state index in [1.807, 2.05) is 13.8 Å². The lowest BCUT2D eigenvalue weighted by Crippen LogP contribution is -2.55. The molecule has 1 fully saturated rings.